The minimum Gasteiger partial charge on any atom is -0.368 e. The second-order valence-electron chi connectivity index (χ2n) is 4.92. The van der Waals surface area contributed by atoms with E-state index in [2.05, 4.69) is 15.6 Å². The first-order valence-electron chi connectivity index (χ1n) is 6.73. The summed E-state index contributed by atoms with van der Waals surface area (Å²) in [7, 11) is 0. The molecule has 0 bridgehead atoms. The number of nitro groups is 1. The highest BCUT2D eigenvalue weighted by atomic mass is 16.6. The Morgan fingerprint density at radius 1 is 1.38 bits per heavy atom. The van der Waals surface area contributed by atoms with Crippen LogP contribution in [0.2, 0.25) is 0 Å². The van der Waals surface area contributed by atoms with Crippen LogP contribution in [0.25, 0.3) is 10.9 Å². The molecule has 1 aromatic heterocycles. The topological polar surface area (TPSA) is 97.2 Å². The predicted octanol–water partition coefficient (Wildman–Crippen LogP) is 1.83. The summed E-state index contributed by atoms with van der Waals surface area (Å²) in [6.45, 7) is 0.654. The number of anilines is 1. The van der Waals surface area contributed by atoms with E-state index < -0.39 is 11.0 Å². The second-order valence-corrected chi connectivity index (χ2v) is 4.92. The number of nitrogens with zero attached hydrogens (tertiary/aromatic N) is 2. The van der Waals surface area contributed by atoms with Gasteiger partial charge in [0.05, 0.1) is 15.8 Å². The summed E-state index contributed by atoms with van der Waals surface area (Å²) in [5.41, 5.74) is 0.865. The molecule has 108 valence electrons. The molecule has 1 aliphatic heterocycles. The van der Waals surface area contributed by atoms with E-state index in [-0.39, 0.29) is 11.6 Å². The van der Waals surface area contributed by atoms with Crippen molar-refractivity contribution >= 4 is 28.2 Å². The van der Waals surface area contributed by atoms with Crippen molar-refractivity contribution in [2.45, 2.75) is 18.9 Å². The molecule has 1 unspecified atom stereocenters. The molecule has 0 saturated carbocycles. The van der Waals surface area contributed by atoms with Crippen molar-refractivity contribution < 1.29 is 9.72 Å². The van der Waals surface area contributed by atoms with E-state index in [0.717, 1.165) is 6.42 Å². The molecular weight excluding hydrogens is 272 g/mol. The summed E-state index contributed by atoms with van der Waals surface area (Å²) in [5.74, 6) is -0.123. The number of aromatic nitrogens is 1. The molecule has 0 aliphatic carbocycles. The van der Waals surface area contributed by atoms with Crippen molar-refractivity contribution in [2.24, 2.45) is 0 Å². The molecule has 2 aromatic rings. The molecule has 1 fully saturated rings. The summed E-state index contributed by atoms with van der Waals surface area (Å²) < 4.78 is 0. The normalized spacial score (nSPS) is 18.3. The van der Waals surface area contributed by atoms with Crippen molar-refractivity contribution in [2.75, 3.05) is 11.9 Å². The van der Waals surface area contributed by atoms with Crippen LogP contribution in [0.5, 0.6) is 0 Å². The number of rotatable bonds is 3. The van der Waals surface area contributed by atoms with Gasteiger partial charge >= 0.3 is 5.69 Å². The number of hydrogen-bond donors (Lipinski definition) is 2. The number of nitro benzene ring substituents is 1. The zero-order valence-corrected chi connectivity index (χ0v) is 11.2. The van der Waals surface area contributed by atoms with E-state index in [1.165, 1.54) is 0 Å². The fourth-order valence-electron chi connectivity index (χ4n) is 2.55. The molecule has 1 atom stereocenters. The van der Waals surface area contributed by atoms with Gasteiger partial charge in [0, 0.05) is 12.7 Å². The lowest BCUT2D eigenvalue weighted by atomic mass is 10.1. The molecule has 1 aromatic carbocycles. The maximum atomic E-state index is 11.8. The Labute approximate surface area is 120 Å². The number of amides is 1. The van der Waals surface area contributed by atoms with Crippen LogP contribution in [0.3, 0.4) is 0 Å². The Bertz CT molecular complexity index is 716. The van der Waals surface area contributed by atoms with Gasteiger partial charge in [0.15, 0.2) is 0 Å². The van der Waals surface area contributed by atoms with Gasteiger partial charge in [-0.3, -0.25) is 19.9 Å². The quantitative estimate of drug-likeness (QED) is 0.662. The summed E-state index contributed by atoms with van der Waals surface area (Å²) in [4.78, 5) is 26.9. The highest BCUT2D eigenvalue weighted by Crippen LogP contribution is 2.33. The van der Waals surface area contributed by atoms with Crippen LogP contribution in [0, 0.1) is 10.1 Å². The highest BCUT2D eigenvalue weighted by Gasteiger charge is 2.26. The van der Waals surface area contributed by atoms with Crippen molar-refractivity contribution in [1.29, 1.82) is 0 Å². The van der Waals surface area contributed by atoms with E-state index in [1.54, 1.807) is 30.5 Å². The Kier molecular flexibility index (Phi) is 3.39. The van der Waals surface area contributed by atoms with Gasteiger partial charge in [0.2, 0.25) is 5.91 Å². The smallest absolute Gasteiger partial charge is 0.301 e. The molecule has 7 heteroatoms. The van der Waals surface area contributed by atoms with Crippen LogP contribution in [-0.4, -0.2) is 28.4 Å². The average Bonchev–Trinajstić information content (AvgIpc) is 2.49. The number of nitrogens with one attached hydrogen (secondary N) is 2. The standard InChI is InChI=1S/C14H14N4O3/c19-14-12(4-2-8-16-14)17-11-6-5-10-9(3-1-7-15-10)13(11)18(20)21/h1,3,5-7,12,17H,2,4,8H2,(H,16,19). The van der Waals surface area contributed by atoms with Crippen LogP contribution in [0.1, 0.15) is 12.8 Å². The summed E-state index contributed by atoms with van der Waals surface area (Å²) >= 11 is 0. The van der Waals surface area contributed by atoms with Crippen molar-refractivity contribution in [3.05, 3.63) is 40.6 Å². The van der Waals surface area contributed by atoms with Gasteiger partial charge in [-0.1, -0.05) is 0 Å². The molecule has 1 aliphatic rings. The van der Waals surface area contributed by atoms with Crippen molar-refractivity contribution in [1.82, 2.24) is 10.3 Å². The second kappa shape index (κ2) is 5.35. The Morgan fingerprint density at radius 3 is 3.00 bits per heavy atom. The zero-order chi connectivity index (χ0) is 14.8. The van der Waals surface area contributed by atoms with Crippen LogP contribution in [-0.2, 0) is 4.79 Å². The fourth-order valence-corrected chi connectivity index (χ4v) is 2.55. The first-order valence-corrected chi connectivity index (χ1v) is 6.73. The minimum atomic E-state index is -0.438. The molecule has 3 rings (SSSR count). The largest absolute Gasteiger partial charge is 0.368 e. The molecular formula is C14H14N4O3. The van der Waals surface area contributed by atoms with Gasteiger partial charge in [-0.25, -0.2) is 0 Å². The first kappa shape index (κ1) is 13.3. The van der Waals surface area contributed by atoms with Gasteiger partial charge < -0.3 is 10.6 Å². The average molecular weight is 286 g/mol. The van der Waals surface area contributed by atoms with E-state index in [1.807, 2.05) is 0 Å². The van der Waals surface area contributed by atoms with Crippen molar-refractivity contribution in [3.63, 3.8) is 0 Å². The lowest BCUT2D eigenvalue weighted by Crippen LogP contribution is -2.44. The lowest BCUT2D eigenvalue weighted by Gasteiger charge is -2.23. The van der Waals surface area contributed by atoms with Gasteiger partial charge in [-0.05, 0) is 37.1 Å². The molecule has 0 radical (unpaired) electrons. The Balaban J connectivity index is 2.03. The van der Waals surface area contributed by atoms with Crippen molar-refractivity contribution in [3.8, 4) is 0 Å². The third-order valence-electron chi connectivity index (χ3n) is 3.55. The van der Waals surface area contributed by atoms with Crippen LogP contribution < -0.4 is 10.6 Å². The molecule has 1 amide bonds. The molecule has 2 N–H and O–H groups in total. The minimum absolute atomic E-state index is 0.0426. The van der Waals surface area contributed by atoms with E-state index in [0.29, 0.717) is 29.6 Å². The number of pyridine rings is 1. The maximum Gasteiger partial charge on any atom is 0.301 e. The van der Waals surface area contributed by atoms with Crippen LogP contribution in [0.4, 0.5) is 11.4 Å². The molecule has 21 heavy (non-hydrogen) atoms. The predicted molar refractivity (Wildman–Crippen MR) is 78.1 cm³/mol. The number of hydrogen-bond acceptors (Lipinski definition) is 5. The number of benzene rings is 1. The Hall–Kier alpha value is -2.70. The van der Waals surface area contributed by atoms with Gasteiger partial charge in [-0.15, -0.1) is 0 Å². The van der Waals surface area contributed by atoms with Gasteiger partial charge in [0.1, 0.15) is 11.7 Å². The van der Waals surface area contributed by atoms with Gasteiger partial charge in [0.25, 0.3) is 0 Å². The van der Waals surface area contributed by atoms with E-state index in [4.69, 9.17) is 0 Å². The number of carbonyl (C=O) groups is 1. The third kappa shape index (κ3) is 2.49. The Morgan fingerprint density at radius 2 is 2.24 bits per heavy atom. The highest BCUT2D eigenvalue weighted by molar-refractivity contribution is 5.95. The molecule has 2 heterocycles. The fraction of sp³-hybridized carbons (Fsp3) is 0.286. The van der Waals surface area contributed by atoms with Crippen LogP contribution in [0.15, 0.2) is 30.5 Å². The SMILES string of the molecule is O=C1NCCCC1Nc1ccc2ncccc2c1[N+](=O)[O-]. The van der Waals surface area contributed by atoms with Crippen LogP contribution >= 0.6 is 0 Å². The molecule has 0 spiro atoms. The number of piperidine rings is 1. The monoisotopic (exact) mass is 286 g/mol. The summed E-state index contributed by atoms with van der Waals surface area (Å²) in [5, 5.41) is 17.6. The van der Waals surface area contributed by atoms with E-state index >= 15 is 0 Å². The molecule has 7 nitrogen and oxygen atoms in total. The van der Waals surface area contributed by atoms with Gasteiger partial charge in [-0.2, -0.15) is 0 Å². The molecule has 1 saturated heterocycles. The maximum absolute atomic E-state index is 11.8. The van der Waals surface area contributed by atoms with E-state index in [9.17, 15) is 14.9 Å². The third-order valence-corrected chi connectivity index (χ3v) is 3.55. The number of carbonyl (C=O) groups excluding carboxylic acids is 1. The summed E-state index contributed by atoms with van der Waals surface area (Å²) in [6, 6.07) is 6.20. The number of fused-ring (bicyclic) bond motifs is 1. The lowest BCUT2D eigenvalue weighted by molar-refractivity contribution is -0.382. The zero-order valence-electron chi connectivity index (χ0n) is 11.2. The first-order chi connectivity index (χ1) is 10.2. The summed E-state index contributed by atoms with van der Waals surface area (Å²) in [6.07, 6.45) is 3.11.